The Balaban J connectivity index is 1.92. The molecule has 0 saturated heterocycles. The number of benzene rings is 1. The van der Waals surface area contributed by atoms with Crippen molar-refractivity contribution in [1.29, 1.82) is 0 Å². The predicted molar refractivity (Wildman–Crippen MR) is 89.2 cm³/mol. The number of aliphatic carboxylic acids is 1. The molecule has 2 aromatic rings. The van der Waals surface area contributed by atoms with Gasteiger partial charge in [0.05, 0.1) is 10.3 Å². The predicted octanol–water partition coefficient (Wildman–Crippen LogP) is 2.18. The molecular formula is C16H18N4O5. The molecule has 0 spiro atoms. The van der Waals surface area contributed by atoms with Crippen LogP contribution in [0.2, 0.25) is 0 Å². The minimum absolute atomic E-state index is 0.0984. The normalized spacial score (nSPS) is 11.1. The van der Waals surface area contributed by atoms with Crippen molar-refractivity contribution in [3.05, 3.63) is 52.3 Å². The van der Waals surface area contributed by atoms with Crippen molar-refractivity contribution >= 4 is 23.3 Å². The van der Waals surface area contributed by atoms with Gasteiger partial charge in [0.2, 0.25) is 5.91 Å². The lowest BCUT2D eigenvalue weighted by Gasteiger charge is -2.19. The lowest BCUT2D eigenvalue weighted by molar-refractivity contribution is -0.385. The summed E-state index contributed by atoms with van der Waals surface area (Å²) in [6, 6.07) is 6.58. The Bertz CT molecular complexity index is 795. The number of aromatic nitrogens is 2. The first-order valence-corrected chi connectivity index (χ1v) is 7.51. The van der Waals surface area contributed by atoms with E-state index in [9.17, 15) is 24.8 Å². The van der Waals surface area contributed by atoms with E-state index in [1.165, 1.54) is 10.9 Å². The summed E-state index contributed by atoms with van der Waals surface area (Å²) in [5.74, 6) is -1.21. The van der Waals surface area contributed by atoms with Crippen LogP contribution in [0.1, 0.15) is 25.8 Å². The molecule has 0 radical (unpaired) electrons. The molecule has 0 aliphatic heterocycles. The molecule has 0 fully saturated rings. The minimum Gasteiger partial charge on any atom is -0.481 e. The molecule has 0 bridgehead atoms. The van der Waals surface area contributed by atoms with Crippen molar-refractivity contribution in [3.8, 4) is 0 Å². The zero-order valence-corrected chi connectivity index (χ0v) is 13.8. The van der Waals surface area contributed by atoms with E-state index in [4.69, 9.17) is 0 Å². The fourth-order valence-corrected chi connectivity index (χ4v) is 2.10. The number of nitrogens with one attached hydrogen (secondary N) is 1. The Labute approximate surface area is 143 Å². The van der Waals surface area contributed by atoms with Gasteiger partial charge in [-0.25, -0.2) is 0 Å². The van der Waals surface area contributed by atoms with E-state index in [1.807, 2.05) is 0 Å². The monoisotopic (exact) mass is 346 g/mol. The summed E-state index contributed by atoms with van der Waals surface area (Å²) >= 11 is 0. The van der Waals surface area contributed by atoms with E-state index in [0.717, 1.165) is 6.20 Å². The van der Waals surface area contributed by atoms with Crippen LogP contribution in [-0.2, 0) is 21.5 Å². The van der Waals surface area contributed by atoms with Gasteiger partial charge in [-0.2, -0.15) is 5.10 Å². The summed E-state index contributed by atoms with van der Waals surface area (Å²) in [6.45, 7) is 3.42. The first-order valence-electron chi connectivity index (χ1n) is 7.51. The van der Waals surface area contributed by atoms with E-state index in [1.54, 1.807) is 38.1 Å². The summed E-state index contributed by atoms with van der Waals surface area (Å²) in [4.78, 5) is 33.2. The van der Waals surface area contributed by atoms with E-state index in [-0.39, 0.29) is 24.6 Å². The van der Waals surface area contributed by atoms with Gasteiger partial charge in [-0.3, -0.25) is 24.4 Å². The van der Waals surface area contributed by atoms with Crippen molar-refractivity contribution < 1.29 is 19.6 Å². The highest BCUT2D eigenvalue weighted by atomic mass is 16.6. The van der Waals surface area contributed by atoms with Gasteiger partial charge in [0.15, 0.2) is 0 Å². The molecule has 2 rings (SSSR count). The van der Waals surface area contributed by atoms with Crippen LogP contribution in [0.15, 0.2) is 36.7 Å². The Morgan fingerprint density at radius 1 is 1.32 bits per heavy atom. The zero-order valence-electron chi connectivity index (χ0n) is 13.8. The number of nitrogens with zero attached hydrogens (tertiary/aromatic N) is 3. The summed E-state index contributed by atoms with van der Waals surface area (Å²) in [6.07, 6.45) is 2.48. The van der Waals surface area contributed by atoms with Crippen LogP contribution < -0.4 is 5.32 Å². The maximum atomic E-state index is 11.9. The van der Waals surface area contributed by atoms with Crippen molar-refractivity contribution in [1.82, 2.24) is 9.78 Å². The Kier molecular flexibility index (Phi) is 5.16. The number of carbonyl (C=O) groups excluding carboxylic acids is 1. The lowest BCUT2D eigenvalue weighted by Crippen LogP contribution is -2.28. The standard InChI is InChI=1S/C16H18N4O5/c1-16(2,15(22)23)11-3-5-12(6-4-11)18-14(21)7-8-19-10-13(9-17-19)20(24)25/h3-6,9-10H,7-8H2,1-2H3,(H,18,21)(H,22,23). The van der Waals surface area contributed by atoms with Crippen LogP contribution in [-0.4, -0.2) is 31.7 Å². The zero-order chi connectivity index (χ0) is 18.6. The molecule has 9 heteroatoms. The molecule has 0 aliphatic rings. The van der Waals surface area contributed by atoms with Gasteiger partial charge < -0.3 is 10.4 Å². The minimum atomic E-state index is -1.02. The molecule has 2 N–H and O–H groups in total. The van der Waals surface area contributed by atoms with E-state index in [2.05, 4.69) is 10.4 Å². The topological polar surface area (TPSA) is 127 Å². The van der Waals surface area contributed by atoms with Crippen molar-refractivity contribution in [2.75, 3.05) is 5.32 Å². The molecule has 1 amide bonds. The molecule has 0 saturated carbocycles. The third-order valence-corrected chi connectivity index (χ3v) is 3.82. The first kappa shape index (κ1) is 18.1. The Morgan fingerprint density at radius 3 is 2.48 bits per heavy atom. The van der Waals surface area contributed by atoms with Crippen LogP contribution in [0.5, 0.6) is 0 Å². The van der Waals surface area contributed by atoms with Gasteiger partial charge in [0.1, 0.15) is 12.4 Å². The molecule has 1 aromatic heterocycles. The van der Waals surface area contributed by atoms with Gasteiger partial charge in [-0.05, 0) is 31.5 Å². The Morgan fingerprint density at radius 2 is 1.96 bits per heavy atom. The molecule has 132 valence electrons. The first-order chi connectivity index (χ1) is 11.7. The number of hydrogen-bond acceptors (Lipinski definition) is 5. The van der Waals surface area contributed by atoms with Crippen molar-refractivity contribution in [3.63, 3.8) is 0 Å². The fourth-order valence-electron chi connectivity index (χ4n) is 2.10. The van der Waals surface area contributed by atoms with Crippen LogP contribution in [0.25, 0.3) is 0 Å². The summed E-state index contributed by atoms with van der Waals surface area (Å²) in [5, 5.41) is 26.3. The summed E-state index contributed by atoms with van der Waals surface area (Å²) in [5.41, 5.74) is 0.0254. The number of aryl methyl sites for hydroxylation is 1. The van der Waals surface area contributed by atoms with Gasteiger partial charge in [-0.15, -0.1) is 0 Å². The number of hydrogen-bond donors (Lipinski definition) is 2. The second-order valence-corrected chi connectivity index (χ2v) is 6.02. The number of anilines is 1. The maximum absolute atomic E-state index is 11.9. The Hall–Kier alpha value is -3.23. The smallest absolute Gasteiger partial charge is 0.313 e. The molecule has 1 heterocycles. The summed E-state index contributed by atoms with van der Waals surface area (Å²) < 4.78 is 1.33. The molecule has 1 aromatic carbocycles. The number of rotatable bonds is 7. The second kappa shape index (κ2) is 7.12. The van der Waals surface area contributed by atoms with E-state index < -0.39 is 16.3 Å². The lowest BCUT2D eigenvalue weighted by atomic mass is 9.85. The number of carboxylic acids is 1. The van der Waals surface area contributed by atoms with Gasteiger partial charge in [-0.1, -0.05) is 12.1 Å². The highest BCUT2D eigenvalue weighted by Crippen LogP contribution is 2.24. The average Bonchev–Trinajstić information content (AvgIpc) is 3.02. The SMILES string of the molecule is CC(C)(C(=O)O)c1ccc(NC(=O)CCn2cc([N+](=O)[O-])cn2)cc1. The quantitative estimate of drug-likeness (QED) is 0.584. The number of amides is 1. The van der Waals surface area contributed by atoms with Gasteiger partial charge >= 0.3 is 11.7 Å². The van der Waals surface area contributed by atoms with Crippen LogP contribution >= 0.6 is 0 Å². The molecular weight excluding hydrogens is 328 g/mol. The number of nitro groups is 1. The van der Waals surface area contributed by atoms with E-state index in [0.29, 0.717) is 11.3 Å². The van der Waals surface area contributed by atoms with Crippen LogP contribution in [0.3, 0.4) is 0 Å². The largest absolute Gasteiger partial charge is 0.481 e. The number of carbonyl (C=O) groups is 2. The fraction of sp³-hybridized carbons (Fsp3) is 0.312. The molecule has 0 unspecified atom stereocenters. The highest BCUT2D eigenvalue weighted by molar-refractivity contribution is 5.90. The maximum Gasteiger partial charge on any atom is 0.313 e. The van der Waals surface area contributed by atoms with Crippen molar-refractivity contribution in [2.45, 2.75) is 32.2 Å². The van der Waals surface area contributed by atoms with Crippen LogP contribution in [0.4, 0.5) is 11.4 Å². The highest BCUT2D eigenvalue weighted by Gasteiger charge is 2.29. The van der Waals surface area contributed by atoms with Gasteiger partial charge in [0, 0.05) is 18.7 Å². The van der Waals surface area contributed by atoms with Gasteiger partial charge in [0.25, 0.3) is 0 Å². The molecule has 25 heavy (non-hydrogen) atoms. The summed E-state index contributed by atoms with van der Waals surface area (Å²) in [7, 11) is 0. The third-order valence-electron chi connectivity index (χ3n) is 3.82. The average molecular weight is 346 g/mol. The molecule has 9 nitrogen and oxygen atoms in total. The van der Waals surface area contributed by atoms with Crippen molar-refractivity contribution in [2.24, 2.45) is 0 Å². The third kappa shape index (κ3) is 4.40. The number of carboxylic acid groups (broad SMARTS) is 1. The van der Waals surface area contributed by atoms with Crippen LogP contribution in [0, 0.1) is 10.1 Å². The van der Waals surface area contributed by atoms with E-state index >= 15 is 0 Å². The molecule has 0 aliphatic carbocycles. The molecule has 0 atom stereocenters. The second-order valence-electron chi connectivity index (χ2n) is 6.02.